The minimum atomic E-state index is -0.275. The third-order valence-electron chi connectivity index (χ3n) is 6.18. The standard InChI is InChI=1S/C24H26N8O3S/c33-17-7-6-16(12-17)26-23-27-19(13-20(29-23)32-8-10-34-11-9-32)28-24-25-14-18(36-24)22-31-30-21(35-22)15-4-2-1-3-5-15/h1-5,13-14,16-17,33H,6-12H2,(H2,25,26,27,28,29)/t16-,17-/m0/s1. The number of morpholine rings is 1. The molecule has 3 aromatic heterocycles. The monoisotopic (exact) mass is 506 g/mol. The average Bonchev–Trinajstić information content (AvgIpc) is 3.67. The third kappa shape index (κ3) is 5.15. The topological polar surface area (TPSA) is 134 Å². The number of thiazole rings is 1. The molecule has 0 radical (unpaired) electrons. The maximum Gasteiger partial charge on any atom is 0.259 e. The summed E-state index contributed by atoms with van der Waals surface area (Å²) >= 11 is 1.40. The van der Waals surface area contributed by atoms with Crippen molar-refractivity contribution in [1.82, 2.24) is 25.1 Å². The lowest BCUT2D eigenvalue weighted by Gasteiger charge is -2.28. The molecule has 186 valence electrons. The van der Waals surface area contributed by atoms with E-state index in [0.29, 0.717) is 48.3 Å². The molecule has 1 saturated carbocycles. The van der Waals surface area contributed by atoms with Crippen LogP contribution in [0.15, 0.2) is 47.0 Å². The van der Waals surface area contributed by atoms with Crippen molar-refractivity contribution >= 4 is 34.1 Å². The van der Waals surface area contributed by atoms with Gasteiger partial charge < -0.3 is 29.8 Å². The lowest BCUT2D eigenvalue weighted by Crippen LogP contribution is -2.37. The maximum atomic E-state index is 9.91. The van der Waals surface area contributed by atoms with Gasteiger partial charge in [0, 0.05) is 30.8 Å². The van der Waals surface area contributed by atoms with Crippen LogP contribution >= 0.6 is 11.3 Å². The first-order valence-electron chi connectivity index (χ1n) is 12.0. The number of nitrogens with one attached hydrogen (secondary N) is 2. The summed E-state index contributed by atoms with van der Waals surface area (Å²) in [6.45, 7) is 2.85. The molecular weight excluding hydrogens is 480 g/mol. The number of aromatic nitrogens is 5. The maximum absolute atomic E-state index is 9.91. The zero-order valence-electron chi connectivity index (χ0n) is 19.5. The van der Waals surface area contributed by atoms with Crippen molar-refractivity contribution in [3.63, 3.8) is 0 Å². The van der Waals surface area contributed by atoms with Gasteiger partial charge in [0.1, 0.15) is 16.5 Å². The van der Waals surface area contributed by atoms with Crippen LogP contribution in [0.2, 0.25) is 0 Å². The first kappa shape index (κ1) is 22.8. The molecule has 1 saturated heterocycles. The SMILES string of the molecule is O[C@H]1CC[C@H](Nc2nc(Nc3ncc(-c4nnc(-c5ccccc5)o4)s3)cc(N3CCOCC3)n2)C1. The van der Waals surface area contributed by atoms with Crippen LogP contribution in [0.1, 0.15) is 19.3 Å². The highest BCUT2D eigenvalue weighted by atomic mass is 32.1. The van der Waals surface area contributed by atoms with E-state index < -0.39 is 0 Å². The molecule has 2 atom stereocenters. The predicted octanol–water partition coefficient (Wildman–Crippen LogP) is 3.56. The van der Waals surface area contributed by atoms with Crippen molar-refractivity contribution in [1.29, 1.82) is 0 Å². The lowest BCUT2D eigenvalue weighted by atomic mass is 10.2. The van der Waals surface area contributed by atoms with Gasteiger partial charge in [-0.2, -0.15) is 9.97 Å². The van der Waals surface area contributed by atoms with Crippen LogP contribution in [0.25, 0.3) is 22.2 Å². The molecule has 3 N–H and O–H groups in total. The van der Waals surface area contributed by atoms with Crippen LogP contribution in [-0.2, 0) is 4.74 Å². The molecule has 0 amide bonds. The summed E-state index contributed by atoms with van der Waals surface area (Å²) in [5.41, 5.74) is 0.866. The smallest absolute Gasteiger partial charge is 0.259 e. The molecule has 1 aliphatic heterocycles. The van der Waals surface area contributed by atoms with E-state index in [9.17, 15) is 5.11 Å². The van der Waals surface area contributed by atoms with Gasteiger partial charge in [-0.25, -0.2) is 4.98 Å². The van der Waals surface area contributed by atoms with E-state index >= 15 is 0 Å². The molecule has 0 bridgehead atoms. The third-order valence-corrected chi connectivity index (χ3v) is 7.08. The van der Waals surface area contributed by atoms with Crippen molar-refractivity contribution in [3.8, 4) is 22.2 Å². The summed E-state index contributed by atoms with van der Waals surface area (Å²) in [6.07, 6.45) is 3.80. The largest absolute Gasteiger partial charge is 0.415 e. The first-order valence-corrected chi connectivity index (χ1v) is 12.8. The highest BCUT2D eigenvalue weighted by Gasteiger charge is 2.24. The highest BCUT2D eigenvalue weighted by Crippen LogP contribution is 2.32. The predicted molar refractivity (Wildman–Crippen MR) is 136 cm³/mol. The number of benzene rings is 1. The molecule has 2 fully saturated rings. The van der Waals surface area contributed by atoms with Crippen LogP contribution < -0.4 is 15.5 Å². The molecule has 4 heterocycles. The van der Waals surface area contributed by atoms with Crippen LogP contribution in [0, 0.1) is 0 Å². The van der Waals surface area contributed by atoms with Gasteiger partial charge in [-0.3, -0.25) is 0 Å². The van der Waals surface area contributed by atoms with Gasteiger partial charge in [-0.15, -0.1) is 10.2 Å². The Balaban J connectivity index is 1.22. The fourth-order valence-electron chi connectivity index (χ4n) is 4.35. The molecule has 6 rings (SSSR count). The van der Waals surface area contributed by atoms with Crippen molar-refractivity contribution in [2.75, 3.05) is 41.8 Å². The molecule has 0 spiro atoms. The number of hydrogen-bond acceptors (Lipinski definition) is 12. The highest BCUT2D eigenvalue weighted by molar-refractivity contribution is 7.18. The molecule has 1 aliphatic carbocycles. The number of ether oxygens (including phenoxy) is 1. The van der Waals surface area contributed by atoms with E-state index in [0.717, 1.165) is 42.2 Å². The molecule has 4 aromatic rings. The Bertz CT molecular complexity index is 1310. The Morgan fingerprint density at radius 2 is 1.86 bits per heavy atom. The van der Waals surface area contributed by atoms with Crippen LogP contribution in [0.3, 0.4) is 0 Å². The van der Waals surface area contributed by atoms with E-state index in [-0.39, 0.29) is 12.1 Å². The summed E-state index contributed by atoms with van der Waals surface area (Å²) in [7, 11) is 0. The zero-order chi connectivity index (χ0) is 24.3. The quantitative estimate of drug-likeness (QED) is 0.340. The number of anilines is 4. The van der Waals surface area contributed by atoms with Crippen LogP contribution in [0.5, 0.6) is 0 Å². The van der Waals surface area contributed by atoms with Crippen LogP contribution in [0.4, 0.5) is 22.7 Å². The Morgan fingerprint density at radius 1 is 1.03 bits per heavy atom. The number of rotatable bonds is 7. The number of nitrogens with zero attached hydrogens (tertiary/aromatic N) is 6. The summed E-state index contributed by atoms with van der Waals surface area (Å²) in [5.74, 6) is 2.86. The van der Waals surface area contributed by atoms with E-state index in [1.807, 2.05) is 36.4 Å². The Morgan fingerprint density at radius 3 is 2.67 bits per heavy atom. The lowest BCUT2D eigenvalue weighted by molar-refractivity contribution is 0.122. The summed E-state index contributed by atoms with van der Waals surface area (Å²) in [5, 5.41) is 25.6. The van der Waals surface area contributed by atoms with Gasteiger partial charge >= 0.3 is 0 Å². The summed E-state index contributed by atoms with van der Waals surface area (Å²) < 4.78 is 11.4. The van der Waals surface area contributed by atoms with Gasteiger partial charge in [0.15, 0.2) is 5.13 Å². The van der Waals surface area contributed by atoms with Crippen molar-refractivity contribution < 1.29 is 14.3 Å². The van der Waals surface area contributed by atoms with Crippen LogP contribution in [-0.4, -0.2) is 68.7 Å². The van der Waals surface area contributed by atoms with Crippen molar-refractivity contribution in [2.24, 2.45) is 0 Å². The van der Waals surface area contributed by atoms with E-state index in [4.69, 9.17) is 14.1 Å². The number of aliphatic hydroxyl groups excluding tert-OH is 1. The second kappa shape index (κ2) is 10.2. The first-order chi connectivity index (χ1) is 17.7. The average molecular weight is 507 g/mol. The second-order valence-electron chi connectivity index (χ2n) is 8.78. The Kier molecular flexibility index (Phi) is 6.45. The molecule has 12 heteroatoms. The molecule has 11 nitrogen and oxygen atoms in total. The molecule has 0 unspecified atom stereocenters. The van der Waals surface area contributed by atoms with Gasteiger partial charge in [0.25, 0.3) is 5.89 Å². The second-order valence-corrected chi connectivity index (χ2v) is 9.81. The van der Waals surface area contributed by atoms with Crippen molar-refractivity contribution in [2.45, 2.75) is 31.4 Å². The Labute approximate surface area is 211 Å². The van der Waals surface area contributed by atoms with Gasteiger partial charge in [-0.1, -0.05) is 29.5 Å². The molecular formula is C24H26N8O3S. The molecule has 36 heavy (non-hydrogen) atoms. The molecule has 2 aliphatic rings. The Hall–Kier alpha value is -3.61. The molecule has 1 aromatic carbocycles. The normalized spacial score (nSPS) is 20.0. The van der Waals surface area contributed by atoms with Crippen molar-refractivity contribution in [3.05, 3.63) is 42.6 Å². The fourth-order valence-corrected chi connectivity index (χ4v) is 5.09. The van der Waals surface area contributed by atoms with E-state index in [1.165, 1.54) is 11.3 Å². The number of aliphatic hydroxyl groups is 1. The zero-order valence-corrected chi connectivity index (χ0v) is 20.3. The van der Waals surface area contributed by atoms with Gasteiger partial charge in [-0.05, 0) is 31.4 Å². The summed E-state index contributed by atoms with van der Waals surface area (Å²) in [4.78, 5) is 16.9. The van der Waals surface area contributed by atoms with Gasteiger partial charge in [0.2, 0.25) is 11.8 Å². The number of hydrogen-bond donors (Lipinski definition) is 3. The summed E-state index contributed by atoms with van der Waals surface area (Å²) in [6, 6.07) is 11.7. The van der Waals surface area contributed by atoms with Gasteiger partial charge in [0.05, 0.1) is 25.5 Å². The van der Waals surface area contributed by atoms with E-state index in [2.05, 4.69) is 35.7 Å². The minimum Gasteiger partial charge on any atom is -0.415 e. The fraction of sp³-hybridized carbons (Fsp3) is 0.375. The van der Waals surface area contributed by atoms with E-state index in [1.54, 1.807) is 6.20 Å². The minimum absolute atomic E-state index is 0.149.